The van der Waals surface area contributed by atoms with Crippen LogP contribution in [0.4, 0.5) is 9.18 Å². The molecule has 2 bridgehead atoms. The summed E-state index contributed by atoms with van der Waals surface area (Å²) in [5, 5.41) is 0. The molecule has 1 amide bonds. The maximum Gasteiger partial charge on any atom is 0.410 e. The number of amides is 1. The van der Waals surface area contributed by atoms with Crippen molar-refractivity contribution in [1.82, 2.24) is 9.80 Å². The monoisotopic (exact) mass is 408 g/mol. The van der Waals surface area contributed by atoms with Crippen LogP contribution in [0.2, 0.25) is 0 Å². The summed E-state index contributed by atoms with van der Waals surface area (Å²) in [7, 11) is 0. The average molecular weight is 409 g/mol. The molecule has 3 fully saturated rings. The van der Waals surface area contributed by atoms with Gasteiger partial charge in [0.25, 0.3) is 0 Å². The Hall–Kier alpha value is -2.40. The van der Waals surface area contributed by atoms with Crippen molar-refractivity contribution in [2.24, 2.45) is 5.92 Å². The molecule has 0 saturated carbocycles. The molecule has 30 heavy (non-hydrogen) atoms. The summed E-state index contributed by atoms with van der Waals surface area (Å²) < 4.78 is 19.8. The lowest BCUT2D eigenvalue weighted by atomic mass is 9.74. The fraction of sp³-hybridized carbons (Fsp3) is 0.480. The highest BCUT2D eigenvalue weighted by molar-refractivity contribution is 5.70. The zero-order chi connectivity index (χ0) is 20.9. The van der Waals surface area contributed by atoms with Gasteiger partial charge in [-0.05, 0) is 75.0 Å². The van der Waals surface area contributed by atoms with E-state index >= 15 is 0 Å². The number of nitrogens with zero attached hydrogens (tertiary/aromatic N) is 2. The first kappa shape index (κ1) is 19.6. The Morgan fingerprint density at radius 2 is 1.73 bits per heavy atom. The molecular formula is C25H29FN2O2. The summed E-state index contributed by atoms with van der Waals surface area (Å²) in [5.74, 6) is 0.154. The lowest BCUT2D eigenvalue weighted by Gasteiger charge is -2.55. The lowest BCUT2D eigenvalue weighted by Crippen LogP contribution is -2.65. The van der Waals surface area contributed by atoms with Crippen molar-refractivity contribution in [1.29, 1.82) is 0 Å². The number of benzene rings is 2. The molecular weight excluding hydrogens is 379 g/mol. The Kier molecular flexibility index (Phi) is 4.81. The normalized spacial score (nSPS) is 29.4. The first-order valence-electron chi connectivity index (χ1n) is 11.0. The molecule has 0 radical (unpaired) electrons. The number of carbonyl (C=O) groups is 1. The molecule has 158 valence electrons. The minimum atomic E-state index is -0.272. The highest BCUT2D eigenvalue weighted by Gasteiger charge is 2.50. The van der Waals surface area contributed by atoms with E-state index in [1.54, 1.807) is 12.1 Å². The van der Waals surface area contributed by atoms with Crippen LogP contribution in [0.5, 0.6) is 0 Å². The molecule has 4 heterocycles. The van der Waals surface area contributed by atoms with Gasteiger partial charge in [0, 0.05) is 12.5 Å². The third-order valence-electron chi connectivity index (χ3n) is 7.41. The predicted molar refractivity (Wildman–Crippen MR) is 114 cm³/mol. The Bertz CT molecular complexity index is 934. The minimum Gasteiger partial charge on any atom is -0.444 e. The third kappa shape index (κ3) is 3.20. The van der Waals surface area contributed by atoms with E-state index in [9.17, 15) is 9.18 Å². The molecule has 5 heteroatoms. The number of carbonyl (C=O) groups excluding carboxylic acids is 1. The summed E-state index contributed by atoms with van der Waals surface area (Å²) in [6.07, 6.45) is 2.62. The second-order valence-corrected chi connectivity index (χ2v) is 9.38. The molecule has 1 unspecified atom stereocenters. The molecule has 4 aliphatic heterocycles. The van der Waals surface area contributed by atoms with E-state index in [1.807, 2.05) is 17.0 Å². The van der Waals surface area contributed by atoms with E-state index < -0.39 is 0 Å². The third-order valence-corrected chi connectivity index (χ3v) is 7.41. The number of halogens is 1. The van der Waals surface area contributed by atoms with Gasteiger partial charge >= 0.3 is 6.09 Å². The molecule has 6 rings (SSSR count). The molecule has 3 saturated heterocycles. The molecule has 0 aromatic heterocycles. The van der Waals surface area contributed by atoms with Gasteiger partial charge in [0.2, 0.25) is 0 Å². The molecule has 0 aliphatic carbocycles. The highest BCUT2D eigenvalue weighted by Crippen LogP contribution is 2.42. The van der Waals surface area contributed by atoms with Crippen LogP contribution in [0.1, 0.15) is 49.4 Å². The number of piperidine rings is 3. The molecule has 0 spiro atoms. The SMILES string of the molecule is CC1(C)C(OC(=O)N2CCc3ccccc3[C@@H]2c2ccc(F)cc2)C2CCN1CC2. The second kappa shape index (κ2) is 7.38. The number of rotatable bonds is 2. The van der Waals surface area contributed by atoms with Gasteiger partial charge in [0.05, 0.1) is 11.6 Å². The number of hydrogen-bond acceptors (Lipinski definition) is 3. The molecule has 4 aliphatic rings. The smallest absolute Gasteiger partial charge is 0.410 e. The van der Waals surface area contributed by atoms with E-state index in [0.717, 1.165) is 43.5 Å². The van der Waals surface area contributed by atoms with Crippen molar-refractivity contribution in [2.45, 2.75) is 50.8 Å². The predicted octanol–water partition coefficient (Wildman–Crippen LogP) is 4.78. The van der Waals surface area contributed by atoms with Crippen LogP contribution in [0.15, 0.2) is 48.5 Å². The van der Waals surface area contributed by atoms with Gasteiger partial charge < -0.3 is 4.74 Å². The van der Waals surface area contributed by atoms with Crippen LogP contribution in [0.3, 0.4) is 0 Å². The van der Waals surface area contributed by atoms with Gasteiger partial charge in [-0.15, -0.1) is 0 Å². The van der Waals surface area contributed by atoms with E-state index in [-0.39, 0.29) is 29.6 Å². The molecule has 2 aromatic carbocycles. The first-order valence-corrected chi connectivity index (χ1v) is 11.0. The van der Waals surface area contributed by atoms with Crippen molar-refractivity contribution in [3.8, 4) is 0 Å². The quantitative estimate of drug-likeness (QED) is 0.717. The maximum atomic E-state index is 13.6. The summed E-state index contributed by atoms with van der Waals surface area (Å²) in [5.41, 5.74) is 3.10. The second-order valence-electron chi connectivity index (χ2n) is 9.38. The van der Waals surface area contributed by atoms with Gasteiger partial charge in [-0.1, -0.05) is 36.4 Å². The molecule has 2 aromatic rings. The number of fused-ring (bicyclic) bond motifs is 4. The lowest BCUT2D eigenvalue weighted by molar-refractivity contribution is -0.126. The van der Waals surface area contributed by atoms with Gasteiger partial charge in [-0.3, -0.25) is 9.80 Å². The van der Waals surface area contributed by atoms with E-state index in [0.29, 0.717) is 12.5 Å². The summed E-state index contributed by atoms with van der Waals surface area (Å²) in [6, 6.07) is 14.4. The molecule has 2 atom stereocenters. The topological polar surface area (TPSA) is 32.8 Å². The Morgan fingerprint density at radius 3 is 2.43 bits per heavy atom. The van der Waals surface area contributed by atoms with Gasteiger partial charge in [-0.25, -0.2) is 9.18 Å². The van der Waals surface area contributed by atoms with Crippen LogP contribution < -0.4 is 0 Å². The first-order chi connectivity index (χ1) is 14.4. The van der Waals surface area contributed by atoms with Crippen molar-refractivity contribution in [3.05, 3.63) is 71.0 Å². The van der Waals surface area contributed by atoms with Crippen LogP contribution >= 0.6 is 0 Å². The number of hydrogen-bond donors (Lipinski definition) is 0. The molecule has 4 nitrogen and oxygen atoms in total. The average Bonchev–Trinajstić information content (AvgIpc) is 2.76. The van der Waals surface area contributed by atoms with Crippen LogP contribution in [-0.4, -0.2) is 47.2 Å². The van der Waals surface area contributed by atoms with Crippen molar-refractivity contribution < 1.29 is 13.9 Å². The van der Waals surface area contributed by atoms with Gasteiger partial charge in [0.15, 0.2) is 0 Å². The van der Waals surface area contributed by atoms with Crippen LogP contribution in [0, 0.1) is 11.7 Å². The number of ether oxygens (including phenoxy) is 1. The minimum absolute atomic E-state index is 0.0986. The summed E-state index contributed by atoms with van der Waals surface area (Å²) >= 11 is 0. The molecule has 0 N–H and O–H groups in total. The highest BCUT2D eigenvalue weighted by atomic mass is 19.1. The van der Waals surface area contributed by atoms with E-state index in [2.05, 4.69) is 30.9 Å². The maximum absolute atomic E-state index is 13.6. The van der Waals surface area contributed by atoms with Crippen LogP contribution in [0.25, 0.3) is 0 Å². The van der Waals surface area contributed by atoms with Gasteiger partial charge in [-0.2, -0.15) is 0 Å². The van der Waals surface area contributed by atoms with Crippen LogP contribution in [-0.2, 0) is 11.2 Å². The largest absolute Gasteiger partial charge is 0.444 e. The summed E-state index contributed by atoms with van der Waals surface area (Å²) in [4.78, 5) is 17.8. The Balaban J connectivity index is 1.46. The zero-order valence-electron chi connectivity index (χ0n) is 17.7. The summed E-state index contributed by atoms with van der Waals surface area (Å²) in [6.45, 7) is 7.15. The zero-order valence-corrected chi connectivity index (χ0v) is 17.7. The van der Waals surface area contributed by atoms with E-state index in [1.165, 1.54) is 17.7 Å². The Labute approximate surface area is 177 Å². The fourth-order valence-corrected chi connectivity index (χ4v) is 5.72. The fourth-order valence-electron chi connectivity index (χ4n) is 5.72. The van der Waals surface area contributed by atoms with Crippen molar-refractivity contribution in [3.63, 3.8) is 0 Å². The van der Waals surface area contributed by atoms with Crippen molar-refractivity contribution >= 4 is 6.09 Å². The van der Waals surface area contributed by atoms with Crippen molar-refractivity contribution in [2.75, 3.05) is 19.6 Å². The van der Waals surface area contributed by atoms with E-state index in [4.69, 9.17) is 4.74 Å². The standard InChI is InChI=1S/C25H29FN2O2/c1-25(2)23(19-11-14-27(25)15-12-19)30-24(29)28-16-13-17-5-3-4-6-21(17)22(28)18-7-9-20(26)10-8-18/h3-10,19,22-23H,11-16H2,1-2H3/t22-,23?/m0/s1. The van der Waals surface area contributed by atoms with Gasteiger partial charge in [0.1, 0.15) is 11.9 Å². The Morgan fingerprint density at radius 1 is 1.03 bits per heavy atom.